The van der Waals surface area contributed by atoms with Gasteiger partial charge in [-0.1, -0.05) is 35.0 Å². The molecule has 20 heavy (non-hydrogen) atoms. The number of halogens is 1. The third-order valence-corrected chi connectivity index (χ3v) is 3.96. The maximum Gasteiger partial charge on any atom is 0.309 e. The highest BCUT2D eigenvalue weighted by Crippen LogP contribution is 2.26. The molecule has 1 heterocycles. The van der Waals surface area contributed by atoms with E-state index < -0.39 is 0 Å². The quantitative estimate of drug-likeness (QED) is 0.852. The number of hydrogen-bond donors (Lipinski definition) is 1. The minimum Gasteiger partial charge on any atom is -0.469 e. The Labute approximate surface area is 126 Å². The van der Waals surface area contributed by atoms with Gasteiger partial charge in [0.15, 0.2) is 0 Å². The van der Waals surface area contributed by atoms with Gasteiger partial charge in [0.25, 0.3) is 0 Å². The van der Waals surface area contributed by atoms with Gasteiger partial charge in [-0.2, -0.15) is 0 Å². The summed E-state index contributed by atoms with van der Waals surface area (Å²) in [6.07, 6.45) is 4.08. The SMILES string of the molecule is COC(=O)C(Cc1ccc(Br)cc1)C(C)c1ncc[nH]1. The van der Waals surface area contributed by atoms with Crippen LogP contribution in [0.3, 0.4) is 0 Å². The molecule has 2 unspecified atom stereocenters. The Morgan fingerprint density at radius 3 is 2.65 bits per heavy atom. The van der Waals surface area contributed by atoms with Crippen molar-refractivity contribution in [1.82, 2.24) is 9.97 Å². The molecule has 0 bridgehead atoms. The van der Waals surface area contributed by atoms with Crippen LogP contribution in [0, 0.1) is 5.92 Å². The minimum absolute atomic E-state index is 0.0268. The van der Waals surface area contributed by atoms with E-state index in [9.17, 15) is 4.79 Å². The Kier molecular flexibility index (Phi) is 4.95. The molecule has 1 aromatic heterocycles. The summed E-state index contributed by atoms with van der Waals surface area (Å²) in [5.74, 6) is 0.308. The zero-order valence-corrected chi connectivity index (χ0v) is 13.1. The number of aromatic amines is 1. The second kappa shape index (κ2) is 6.70. The number of esters is 1. The van der Waals surface area contributed by atoms with Crippen molar-refractivity contribution in [3.63, 3.8) is 0 Å². The van der Waals surface area contributed by atoms with E-state index in [0.717, 1.165) is 15.9 Å². The maximum absolute atomic E-state index is 12.0. The molecule has 1 aromatic carbocycles. The molecule has 0 amide bonds. The van der Waals surface area contributed by atoms with Crippen molar-refractivity contribution in [2.45, 2.75) is 19.3 Å². The fraction of sp³-hybridized carbons (Fsp3) is 0.333. The second-order valence-electron chi connectivity index (χ2n) is 4.72. The number of imidazole rings is 1. The Bertz CT molecular complexity index is 552. The van der Waals surface area contributed by atoms with Crippen molar-refractivity contribution in [1.29, 1.82) is 0 Å². The highest BCUT2D eigenvalue weighted by molar-refractivity contribution is 9.10. The minimum atomic E-state index is -0.257. The van der Waals surface area contributed by atoms with E-state index in [1.165, 1.54) is 7.11 Å². The van der Waals surface area contributed by atoms with Crippen LogP contribution in [0.4, 0.5) is 0 Å². The smallest absolute Gasteiger partial charge is 0.309 e. The average molecular weight is 337 g/mol. The topological polar surface area (TPSA) is 55.0 Å². The molecule has 0 fully saturated rings. The van der Waals surface area contributed by atoms with E-state index in [0.29, 0.717) is 6.42 Å². The third kappa shape index (κ3) is 3.48. The second-order valence-corrected chi connectivity index (χ2v) is 5.64. The summed E-state index contributed by atoms with van der Waals surface area (Å²) in [5, 5.41) is 0. The molecule has 0 aliphatic heterocycles. The summed E-state index contributed by atoms with van der Waals surface area (Å²) in [7, 11) is 1.42. The van der Waals surface area contributed by atoms with Crippen molar-refractivity contribution in [3.05, 3.63) is 52.5 Å². The monoisotopic (exact) mass is 336 g/mol. The van der Waals surface area contributed by atoms with Crippen LogP contribution in [-0.2, 0) is 16.0 Å². The molecule has 0 aliphatic rings. The Balaban J connectivity index is 2.19. The highest BCUT2D eigenvalue weighted by Gasteiger charge is 2.28. The van der Waals surface area contributed by atoms with Gasteiger partial charge in [0.1, 0.15) is 5.82 Å². The predicted octanol–water partition coefficient (Wildman–Crippen LogP) is 3.31. The predicted molar refractivity (Wildman–Crippen MR) is 80.4 cm³/mol. The number of H-pyrrole nitrogens is 1. The Hall–Kier alpha value is -1.62. The van der Waals surface area contributed by atoms with E-state index in [2.05, 4.69) is 25.9 Å². The molecule has 106 valence electrons. The van der Waals surface area contributed by atoms with Crippen molar-refractivity contribution in [3.8, 4) is 0 Å². The molecule has 0 saturated heterocycles. The fourth-order valence-electron chi connectivity index (χ4n) is 2.21. The molecular weight excluding hydrogens is 320 g/mol. The summed E-state index contributed by atoms with van der Waals surface area (Å²) in [4.78, 5) is 19.4. The molecular formula is C15H17BrN2O2. The molecule has 0 radical (unpaired) electrons. The molecule has 2 aromatic rings. The maximum atomic E-state index is 12.0. The lowest BCUT2D eigenvalue weighted by Crippen LogP contribution is -2.25. The highest BCUT2D eigenvalue weighted by atomic mass is 79.9. The van der Waals surface area contributed by atoms with Crippen LogP contribution in [-0.4, -0.2) is 23.0 Å². The summed E-state index contributed by atoms with van der Waals surface area (Å²) in [5.41, 5.74) is 1.10. The van der Waals surface area contributed by atoms with Gasteiger partial charge in [-0.25, -0.2) is 4.98 Å². The number of ether oxygens (including phenoxy) is 1. The number of aromatic nitrogens is 2. The first-order valence-electron chi connectivity index (χ1n) is 6.43. The molecule has 0 spiro atoms. The molecule has 5 heteroatoms. The molecule has 1 N–H and O–H groups in total. The van der Waals surface area contributed by atoms with E-state index in [-0.39, 0.29) is 17.8 Å². The van der Waals surface area contributed by atoms with Gasteiger partial charge in [0, 0.05) is 22.8 Å². The van der Waals surface area contributed by atoms with E-state index >= 15 is 0 Å². The number of rotatable bonds is 5. The molecule has 0 saturated carbocycles. The first-order valence-corrected chi connectivity index (χ1v) is 7.22. The first kappa shape index (κ1) is 14.8. The first-order chi connectivity index (χ1) is 9.61. The van der Waals surface area contributed by atoms with Crippen molar-refractivity contribution in [2.24, 2.45) is 5.92 Å². The van der Waals surface area contributed by atoms with Crippen molar-refractivity contribution >= 4 is 21.9 Å². The normalized spacial score (nSPS) is 13.8. The summed E-state index contributed by atoms with van der Waals surface area (Å²) in [6.45, 7) is 1.99. The molecule has 0 aliphatic carbocycles. The van der Waals surface area contributed by atoms with Gasteiger partial charge < -0.3 is 9.72 Å². The van der Waals surface area contributed by atoms with Crippen LogP contribution in [0.25, 0.3) is 0 Å². The largest absolute Gasteiger partial charge is 0.469 e. The number of carbonyl (C=O) groups is 1. The number of benzene rings is 1. The number of methoxy groups -OCH3 is 1. The fourth-order valence-corrected chi connectivity index (χ4v) is 2.47. The van der Waals surface area contributed by atoms with Gasteiger partial charge in [0.05, 0.1) is 13.0 Å². The average Bonchev–Trinajstić information content (AvgIpc) is 2.99. The summed E-state index contributed by atoms with van der Waals surface area (Å²) < 4.78 is 5.96. The van der Waals surface area contributed by atoms with Gasteiger partial charge in [-0.3, -0.25) is 4.79 Å². The van der Waals surface area contributed by atoms with Gasteiger partial charge in [-0.15, -0.1) is 0 Å². The summed E-state index contributed by atoms with van der Waals surface area (Å²) in [6, 6.07) is 7.96. The molecule has 4 nitrogen and oxygen atoms in total. The van der Waals surface area contributed by atoms with Gasteiger partial charge >= 0.3 is 5.97 Å². The van der Waals surface area contributed by atoms with Crippen molar-refractivity contribution < 1.29 is 9.53 Å². The van der Waals surface area contributed by atoms with Crippen LogP contribution in [0.5, 0.6) is 0 Å². The Morgan fingerprint density at radius 2 is 2.10 bits per heavy atom. The third-order valence-electron chi connectivity index (χ3n) is 3.43. The van der Waals surface area contributed by atoms with E-state index in [1.807, 2.05) is 31.2 Å². The van der Waals surface area contributed by atoms with E-state index in [1.54, 1.807) is 12.4 Å². The lowest BCUT2D eigenvalue weighted by atomic mass is 9.87. The van der Waals surface area contributed by atoms with Crippen LogP contribution in [0.2, 0.25) is 0 Å². The number of carbonyl (C=O) groups excluding carboxylic acids is 1. The number of nitrogens with one attached hydrogen (secondary N) is 1. The van der Waals surface area contributed by atoms with Gasteiger partial charge in [0.2, 0.25) is 0 Å². The van der Waals surface area contributed by atoms with Crippen molar-refractivity contribution in [2.75, 3.05) is 7.11 Å². The zero-order valence-electron chi connectivity index (χ0n) is 11.5. The Morgan fingerprint density at radius 1 is 1.40 bits per heavy atom. The summed E-state index contributed by atoms with van der Waals surface area (Å²) >= 11 is 3.41. The molecule has 2 rings (SSSR count). The number of nitrogens with zero attached hydrogens (tertiary/aromatic N) is 1. The van der Waals surface area contributed by atoms with Crippen LogP contribution in [0.1, 0.15) is 24.2 Å². The number of hydrogen-bond acceptors (Lipinski definition) is 3. The zero-order chi connectivity index (χ0) is 14.5. The van der Waals surface area contributed by atoms with Gasteiger partial charge in [-0.05, 0) is 24.1 Å². The standard InChI is InChI=1S/C15H17BrN2O2/c1-10(14-17-7-8-18-14)13(15(19)20-2)9-11-3-5-12(16)6-4-11/h3-8,10,13H,9H2,1-2H3,(H,17,18). The lowest BCUT2D eigenvalue weighted by molar-refractivity contribution is -0.146. The van der Waals surface area contributed by atoms with Crippen LogP contribution < -0.4 is 0 Å². The van der Waals surface area contributed by atoms with E-state index in [4.69, 9.17) is 4.74 Å². The van der Waals surface area contributed by atoms with Crippen LogP contribution in [0.15, 0.2) is 41.1 Å². The van der Waals surface area contributed by atoms with Crippen LogP contribution >= 0.6 is 15.9 Å². The lowest BCUT2D eigenvalue weighted by Gasteiger charge is -2.20. The molecule has 2 atom stereocenters.